The molecule has 0 amide bonds. The van der Waals surface area contributed by atoms with E-state index in [0.29, 0.717) is 13.2 Å². The van der Waals surface area contributed by atoms with Gasteiger partial charge in [0.15, 0.2) is 0 Å². The van der Waals surface area contributed by atoms with Crippen molar-refractivity contribution in [2.45, 2.75) is 53.2 Å². The molecule has 3 heteroatoms. The molecule has 0 saturated heterocycles. The van der Waals surface area contributed by atoms with Crippen molar-refractivity contribution in [1.82, 2.24) is 0 Å². The minimum absolute atomic E-state index is 0.0508. The number of furan rings is 1. The minimum Gasteiger partial charge on any atom is -0.488 e. The van der Waals surface area contributed by atoms with E-state index in [2.05, 4.69) is 45.9 Å². The van der Waals surface area contributed by atoms with Crippen LogP contribution in [0, 0.1) is 13.8 Å². The third-order valence-corrected chi connectivity index (χ3v) is 3.60. The standard InChI is InChI=1S/C18H25NO2/c1-12-6-7-17(16(8-12)18(3,4)5)20-11-14-9-15(10-19)21-13(14)2/h6-9H,10-11,19H2,1-5H3. The van der Waals surface area contributed by atoms with Crippen molar-refractivity contribution < 1.29 is 9.15 Å². The first-order chi connectivity index (χ1) is 9.81. The summed E-state index contributed by atoms with van der Waals surface area (Å²) in [4.78, 5) is 0. The zero-order valence-electron chi connectivity index (χ0n) is 13.6. The van der Waals surface area contributed by atoms with E-state index in [0.717, 1.165) is 22.8 Å². The predicted molar refractivity (Wildman–Crippen MR) is 85.5 cm³/mol. The number of rotatable bonds is 4. The average Bonchev–Trinajstić information content (AvgIpc) is 2.77. The highest BCUT2D eigenvalue weighted by molar-refractivity contribution is 5.41. The maximum Gasteiger partial charge on any atom is 0.123 e. The minimum atomic E-state index is 0.0508. The molecule has 0 aliphatic carbocycles. The van der Waals surface area contributed by atoms with Gasteiger partial charge < -0.3 is 14.9 Å². The lowest BCUT2D eigenvalue weighted by Gasteiger charge is -2.23. The quantitative estimate of drug-likeness (QED) is 0.915. The molecule has 0 spiro atoms. The first-order valence-corrected chi connectivity index (χ1v) is 7.33. The molecule has 2 aromatic rings. The Hall–Kier alpha value is -1.74. The fourth-order valence-corrected chi connectivity index (χ4v) is 2.34. The van der Waals surface area contributed by atoms with Gasteiger partial charge in [-0.15, -0.1) is 0 Å². The molecular formula is C18H25NO2. The van der Waals surface area contributed by atoms with Gasteiger partial charge in [0.2, 0.25) is 0 Å². The normalized spacial score (nSPS) is 11.7. The van der Waals surface area contributed by atoms with Crippen molar-refractivity contribution in [3.05, 3.63) is 52.5 Å². The number of benzene rings is 1. The van der Waals surface area contributed by atoms with Crippen LogP contribution < -0.4 is 10.5 Å². The highest BCUT2D eigenvalue weighted by Crippen LogP contribution is 2.32. The summed E-state index contributed by atoms with van der Waals surface area (Å²) in [5, 5.41) is 0. The summed E-state index contributed by atoms with van der Waals surface area (Å²) in [6.45, 7) is 11.6. The maximum atomic E-state index is 6.04. The van der Waals surface area contributed by atoms with Gasteiger partial charge in [0.1, 0.15) is 23.9 Å². The zero-order chi connectivity index (χ0) is 15.6. The molecule has 0 fully saturated rings. The zero-order valence-corrected chi connectivity index (χ0v) is 13.6. The van der Waals surface area contributed by atoms with Crippen molar-refractivity contribution in [3.63, 3.8) is 0 Å². The second-order valence-electron chi connectivity index (χ2n) is 6.54. The molecule has 1 aromatic carbocycles. The Bertz CT molecular complexity index is 621. The van der Waals surface area contributed by atoms with Crippen LogP contribution in [-0.2, 0) is 18.6 Å². The molecular weight excluding hydrogens is 262 g/mol. The fourth-order valence-electron chi connectivity index (χ4n) is 2.34. The second kappa shape index (κ2) is 5.94. The number of aryl methyl sites for hydroxylation is 2. The van der Waals surface area contributed by atoms with E-state index < -0.39 is 0 Å². The van der Waals surface area contributed by atoms with Gasteiger partial charge in [0.05, 0.1) is 6.54 Å². The van der Waals surface area contributed by atoms with Gasteiger partial charge in [0, 0.05) is 5.56 Å². The molecule has 0 unspecified atom stereocenters. The molecule has 21 heavy (non-hydrogen) atoms. The van der Waals surface area contributed by atoms with Crippen LogP contribution in [0.1, 0.15) is 49.0 Å². The maximum absolute atomic E-state index is 6.04. The van der Waals surface area contributed by atoms with Gasteiger partial charge in [-0.1, -0.05) is 38.5 Å². The summed E-state index contributed by atoms with van der Waals surface area (Å²) < 4.78 is 11.6. The van der Waals surface area contributed by atoms with Crippen LogP contribution >= 0.6 is 0 Å². The molecule has 0 atom stereocenters. The Morgan fingerprint density at radius 1 is 1.14 bits per heavy atom. The van der Waals surface area contributed by atoms with Gasteiger partial charge >= 0.3 is 0 Å². The summed E-state index contributed by atoms with van der Waals surface area (Å²) >= 11 is 0. The summed E-state index contributed by atoms with van der Waals surface area (Å²) in [7, 11) is 0. The lowest BCUT2D eigenvalue weighted by atomic mass is 9.85. The number of nitrogens with two attached hydrogens (primary N) is 1. The van der Waals surface area contributed by atoms with Crippen LogP contribution in [0.3, 0.4) is 0 Å². The van der Waals surface area contributed by atoms with Gasteiger partial charge in [-0.3, -0.25) is 0 Å². The van der Waals surface area contributed by atoms with Gasteiger partial charge in [-0.25, -0.2) is 0 Å². The number of ether oxygens (including phenoxy) is 1. The van der Waals surface area contributed by atoms with Crippen LogP contribution in [0.15, 0.2) is 28.7 Å². The molecule has 3 nitrogen and oxygen atoms in total. The van der Waals surface area contributed by atoms with E-state index in [1.807, 2.05) is 13.0 Å². The second-order valence-corrected chi connectivity index (χ2v) is 6.54. The Morgan fingerprint density at radius 3 is 2.43 bits per heavy atom. The summed E-state index contributed by atoms with van der Waals surface area (Å²) in [6.07, 6.45) is 0. The first kappa shape index (κ1) is 15.6. The monoisotopic (exact) mass is 287 g/mol. The molecule has 0 saturated carbocycles. The van der Waals surface area contributed by atoms with Crippen molar-refractivity contribution in [2.24, 2.45) is 5.73 Å². The molecule has 0 aliphatic heterocycles. The lowest BCUT2D eigenvalue weighted by Crippen LogP contribution is -2.13. The Labute approximate surface area is 127 Å². The number of hydrogen-bond acceptors (Lipinski definition) is 3. The molecule has 1 heterocycles. The molecule has 0 aliphatic rings. The molecule has 0 radical (unpaired) electrons. The topological polar surface area (TPSA) is 48.4 Å². The first-order valence-electron chi connectivity index (χ1n) is 7.33. The van der Waals surface area contributed by atoms with Gasteiger partial charge in [-0.05, 0) is 37.0 Å². The summed E-state index contributed by atoms with van der Waals surface area (Å²) in [5.74, 6) is 2.61. The lowest BCUT2D eigenvalue weighted by molar-refractivity contribution is 0.294. The van der Waals surface area contributed by atoms with Crippen LogP contribution in [-0.4, -0.2) is 0 Å². The summed E-state index contributed by atoms with van der Waals surface area (Å²) in [6, 6.07) is 8.30. The van der Waals surface area contributed by atoms with Crippen molar-refractivity contribution >= 4 is 0 Å². The van der Waals surface area contributed by atoms with Crippen molar-refractivity contribution in [2.75, 3.05) is 0 Å². The van der Waals surface area contributed by atoms with E-state index in [9.17, 15) is 0 Å². The Balaban J connectivity index is 2.22. The molecule has 2 N–H and O–H groups in total. The van der Waals surface area contributed by atoms with Crippen molar-refractivity contribution in [1.29, 1.82) is 0 Å². The fraction of sp³-hybridized carbons (Fsp3) is 0.444. The Morgan fingerprint density at radius 2 is 1.86 bits per heavy atom. The van der Waals surface area contributed by atoms with Gasteiger partial charge in [0.25, 0.3) is 0 Å². The third kappa shape index (κ3) is 3.67. The molecule has 1 aromatic heterocycles. The SMILES string of the molecule is Cc1ccc(OCc2cc(CN)oc2C)c(C(C)(C)C)c1. The van der Waals surface area contributed by atoms with E-state index in [-0.39, 0.29) is 5.41 Å². The van der Waals surface area contributed by atoms with E-state index in [1.165, 1.54) is 11.1 Å². The Kier molecular flexibility index (Phi) is 4.43. The van der Waals surface area contributed by atoms with Crippen molar-refractivity contribution in [3.8, 4) is 5.75 Å². The molecule has 0 bridgehead atoms. The van der Waals surface area contributed by atoms with Crippen LogP contribution in [0.5, 0.6) is 5.75 Å². The van der Waals surface area contributed by atoms with Crippen LogP contribution in [0.2, 0.25) is 0 Å². The van der Waals surface area contributed by atoms with E-state index >= 15 is 0 Å². The largest absolute Gasteiger partial charge is 0.488 e. The van der Waals surface area contributed by atoms with Crippen LogP contribution in [0.4, 0.5) is 0 Å². The molecule has 2 rings (SSSR count). The molecule has 114 valence electrons. The highest BCUT2D eigenvalue weighted by Gasteiger charge is 2.19. The highest BCUT2D eigenvalue weighted by atomic mass is 16.5. The average molecular weight is 287 g/mol. The third-order valence-electron chi connectivity index (χ3n) is 3.60. The summed E-state index contributed by atoms with van der Waals surface area (Å²) in [5.41, 5.74) is 9.18. The van der Waals surface area contributed by atoms with E-state index in [4.69, 9.17) is 14.9 Å². The number of hydrogen-bond donors (Lipinski definition) is 1. The van der Waals surface area contributed by atoms with E-state index in [1.54, 1.807) is 0 Å². The van der Waals surface area contributed by atoms with Crippen LogP contribution in [0.25, 0.3) is 0 Å². The predicted octanol–water partition coefficient (Wildman–Crippen LogP) is 4.23. The van der Waals surface area contributed by atoms with Gasteiger partial charge in [-0.2, -0.15) is 0 Å². The smallest absolute Gasteiger partial charge is 0.123 e.